The molecule has 1 fully saturated rings. The summed E-state index contributed by atoms with van der Waals surface area (Å²) in [4.78, 5) is 20.4. The van der Waals surface area contributed by atoms with Crippen molar-refractivity contribution in [3.05, 3.63) is 62.7 Å². The summed E-state index contributed by atoms with van der Waals surface area (Å²) in [6.07, 6.45) is 6.22. The van der Waals surface area contributed by atoms with Crippen LogP contribution in [0, 0.1) is 5.82 Å². The second-order valence-corrected chi connectivity index (χ2v) is 10.0. The summed E-state index contributed by atoms with van der Waals surface area (Å²) in [7, 11) is 0. The van der Waals surface area contributed by atoms with Crippen molar-refractivity contribution in [3.8, 4) is 5.69 Å². The molecule has 9 heteroatoms. The van der Waals surface area contributed by atoms with Crippen molar-refractivity contribution in [1.29, 1.82) is 0 Å². The van der Waals surface area contributed by atoms with E-state index >= 15 is 0 Å². The zero-order valence-electron chi connectivity index (χ0n) is 16.6. The van der Waals surface area contributed by atoms with Gasteiger partial charge in [0.15, 0.2) is 5.16 Å². The molecule has 6 rings (SSSR count). The third-order valence-electron chi connectivity index (χ3n) is 5.79. The molecule has 0 amide bonds. The second kappa shape index (κ2) is 7.56. The molecule has 3 heterocycles. The minimum atomic E-state index is -0.453. The zero-order chi connectivity index (χ0) is 20.9. The summed E-state index contributed by atoms with van der Waals surface area (Å²) in [6.45, 7) is 0. The smallest absolute Gasteiger partial charge is 0.267 e. The van der Waals surface area contributed by atoms with Gasteiger partial charge in [0.1, 0.15) is 10.6 Å². The lowest BCUT2D eigenvalue weighted by atomic mass is 9.97. The Kier molecular flexibility index (Phi) is 4.68. The topological polar surface area (TPSA) is 73.8 Å². The van der Waals surface area contributed by atoms with Gasteiger partial charge >= 0.3 is 0 Å². The van der Waals surface area contributed by atoms with Gasteiger partial charge in [-0.05, 0) is 56.2 Å². The van der Waals surface area contributed by atoms with E-state index in [0.29, 0.717) is 34.0 Å². The second-order valence-electron chi connectivity index (χ2n) is 7.97. The molecule has 3 aromatic heterocycles. The highest BCUT2D eigenvalue weighted by Gasteiger charge is 2.29. The number of fused-ring (bicyclic) bond motifs is 3. The first-order chi connectivity index (χ1) is 15.2. The van der Waals surface area contributed by atoms with Crippen molar-refractivity contribution >= 4 is 33.3 Å². The van der Waals surface area contributed by atoms with Gasteiger partial charge in [0.2, 0.25) is 11.8 Å². The van der Waals surface area contributed by atoms with Crippen molar-refractivity contribution in [2.75, 3.05) is 0 Å². The number of thiophene rings is 1. The van der Waals surface area contributed by atoms with Gasteiger partial charge in [-0.3, -0.25) is 9.36 Å². The van der Waals surface area contributed by atoms with Gasteiger partial charge in [0, 0.05) is 10.8 Å². The molecule has 4 aromatic rings. The number of aromatic nitrogens is 4. The SMILES string of the molecule is O=c1c2c3c(sc2nc(SCc2nnc(C4CC4)o2)n1-c1ccccc1F)CCCC3. The first-order valence-electron chi connectivity index (χ1n) is 10.5. The van der Waals surface area contributed by atoms with E-state index in [1.807, 2.05) is 0 Å². The van der Waals surface area contributed by atoms with E-state index in [1.165, 1.54) is 27.3 Å². The van der Waals surface area contributed by atoms with E-state index in [9.17, 15) is 9.18 Å². The maximum absolute atomic E-state index is 14.7. The third kappa shape index (κ3) is 3.40. The largest absolute Gasteiger partial charge is 0.424 e. The number of aryl methyl sites for hydroxylation is 2. The van der Waals surface area contributed by atoms with Crippen molar-refractivity contribution in [3.63, 3.8) is 0 Å². The third-order valence-corrected chi connectivity index (χ3v) is 7.89. The number of hydrogen-bond acceptors (Lipinski definition) is 7. The maximum atomic E-state index is 14.7. The van der Waals surface area contributed by atoms with E-state index in [0.717, 1.165) is 48.9 Å². The van der Waals surface area contributed by atoms with Gasteiger partial charge in [0.05, 0.1) is 16.8 Å². The molecule has 0 bridgehead atoms. The molecule has 1 aromatic carbocycles. The summed E-state index contributed by atoms with van der Waals surface area (Å²) in [5, 5.41) is 9.32. The van der Waals surface area contributed by atoms with E-state index < -0.39 is 5.82 Å². The molecule has 0 unspecified atom stereocenters. The Bertz CT molecular complexity index is 1360. The van der Waals surface area contributed by atoms with Crippen molar-refractivity contribution in [2.24, 2.45) is 0 Å². The number of halogens is 1. The van der Waals surface area contributed by atoms with Gasteiger partial charge in [0.25, 0.3) is 5.56 Å². The standard InChI is InChI=1S/C22H19FN4O2S2/c23-14-6-2-3-7-15(14)27-21(28)18-13-5-1-4-8-16(13)31-20(18)24-22(27)30-11-17-25-26-19(29-17)12-9-10-12/h2-3,6-7,12H,1,4-5,8-11H2. The average molecular weight is 455 g/mol. The normalized spacial score (nSPS) is 16.0. The molecular formula is C22H19FN4O2S2. The Labute approximate surface area is 185 Å². The van der Waals surface area contributed by atoms with Crippen LogP contribution in [0.1, 0.15) is 53.8 Å². The summed E-state index contributed by atoms with van der Waals surface area (Å²) >= 11 is 2.91. The fraction of sp³-hybridized carbons (Fsp3) is 0.364. The molecule has 0 saturated heterocycles. The predicted octanol–water partition coefficient (Wildman–Crippen LogP) is 5.02. The quantitative estimate of drug-likeness (QED) is 0.311. The number of benzene rings is 1. The number of hydrogen-bond donors (Lipinski definition) is 0. The molecule has 0 atom stereocenters. The number of para-hydroxylation sites is 1. The van der Waals surface area contributed by atoms with Crippen LogP contribution in [0.3, 0.4) is 0 Å². The number of nitrogens with zero attached hydrogens (tertiary/aromatic N) is 4. The minimum Gasteiger partial charge on any atom is -0.424 e. The molecule has 2 aliphatic rings. The van der Waals surface area contributed by atoms with Gasteiger partial charge < -0.3 is 4.42 Å². The molecule has 0 radical (unpaired) electrons. The maximum Gasteiger partial charge on any atom is 0.267 e. The molecule has 0 aliphatic heterocycles. The molecule has 158 valence electrons. The van der Waals surface area contributed by atoms with Gasteiger partial charge in [-0.25, -0.2) is 9.37 Å². The van der Waals surface area contributed by atoms with Crippen LogP contribution in [0.25, 0.3) is 15.9 Å². The Morgan fingerprint density at radius 1 is 1.19 bits per heavy atom. The van der Waals surface area contributed by atoms with E-state index in [-0.39, 0.29) is 11.2 Å². The van der Waals surface area contributed by atoms with Gasteiger partial charge in [-0.2, -0.15) is 0 Å². The zero-order valence-corrected chi connectivity index (χ0v) is 18.3. The summed E-state index contributed by atoms with van der Waals surface area (Å²) < 4.78 is 21.9. The monoisotopic (exact) mass is 454 g/mol. The lowest BCUT2D eigenvalue weighted by molar-refractivity contribution is 0.466. The Hall–Kier alpha value is -2.52. The molecule has 1 saturated carbocycles. The fourth-order valence-corrected chi connectivity index (χ4v) is 6.22. The summed E-state index contributed by atoms with van der Waals surface area (Å²) in [5.41, 5.74) is 1.10. The van der Waals surface area contributed by atoms with E-state index in [2.05, 4.69) is 10.2 Å². The predicted molar refractivity (Wildman–Crippen MR) is 118 cm³/mol. The summed E-state index contributed by atoms with van der Waals surface area (Å²) in [5.74, 6) is 1.47. The van der Waals surface area contributed by atoms with Crippen LogP contribution in [0.5, 0.6) is 0 Å². The molecule has 2 aliphatic carbocycles. The van der Waals surface area contributed by atoms with Crippen molar-refractivity contribution in [2.45, 2.75) is 55.4 Å². The first kappa shape index (κ1) is 19.2. The lowest BCUT2D eigenvalue weighted by Gasteiger charge is -2.13. The van der Waals surface area contributed by atoms with Crippen LogP contribution in [-0.4, -0.2) is 19.7 Å². The molecular weight excluding hydrogens is 435 g/mol. The average Bonchev–Trinajstić information content (AvgIpc) is 3.39. The van der Waals surface area contributed by atoms with Crippen LogP contribution >= 0.6 is 23.1 Å². The summed E-state index contributed by atoms with van der Waals surface area (Å²) in [6, 6.07) is 6.33. The van der Waals surface area contributed by atoms with Crippen LogP contribution in [0.2, 0.25) is 0 Å². The van der Waals surface area contributed by atoms with Crippen LogP contribution < -0.4 is 5.56 Å². The van der Waals surface area contributed by atoms with Crippen LogP contribution in [-0.2, 0) is 18.6 Å². The fourth-order valence-electron chi connectivity index (χ4n) is 4.08. The Balaban J connectivity index is 1.47. The van der Waals surface area contributed by atoms with E-state index in [4.69, 9.17) is 9.40 Å². The van der Waals surface area contributed by atoms with E-state index in [1.54, 1.807) is 29.5 Å². The molecule has 31 heavy (non-hydrogen) atoms. The van der Waals surface area contributed by atoms with Crippen molar-refractivity contribution in [1.82, 2.24) is 19.7 Å². The van der Waals surface area contributed by atoms with Gasteiger partial charge in [-0.1, -0.05) is 23.9 Å². The van der Waals surface area contributed by atoms with Gasteiger partial charge in [-0.15, -0.1) is 21.5 Å². The van der Waals surface area contributed by atoms with Crippen LogP contribution in [0.4, 0.5) is 4.39 Å². The molecule has 0 N–H and O–H groups in total. The molecule has 0 spiro atoms. The first-order valence-corrected chi connectivity index (χ1v) is 12.3. The Morgan fingerprint density at radius 3 is 2.87 bits per heavy atom. The van der Waals surface area contributed by atoms with Crippen molar-refractivity contribution < 1.29 is 8.81 Å². The lowest BCUT2D eigenvalue weighted by Crippen LogP contribution is -2.23. The Morgan fingerprint density at radius 2 is 2.03 bits per heavy atom. The highest BCUT2D eigenvalue weighted by molar-refractivity contribution is 7.98. The highest BCUT2D eigenvalue weighted by Crippen LogP contribution is 2.40. The minimum absolute atomic E-state index is 0.207. The highest BCUT2D eigenvalue weighted by atomic mass is 32.2. The van der Waals surface area contributed by atoms with Crippen LogP contribution in [0.15, 0.2) is 38.6 Å². The molecule has 6 nitrogen and oxygen atoms in total. The number of rotatable bonds is 5. The number of thioether (sulfide) groups is 1.